The molecule has 0 aliphatic heterocycles. The topological polar surface area (TPSA) is 47.3 Å². The first-order chi connectivity index (χ1) is 11.6. The number of hydrogen-bond acceptors (Lipinski definition) is 4. The number of benzene rings is 1. The van der Waals surface area contributed by atoms with Crippen LogP contribution < -0.4 is 5.56 Å². The minimum Gasteiger partial charge on any atom is -0.267 e. The number of aryl methyl sites for hydroxylation is 2. The zero-order valence-electron chi connectivity index (χ0n) is 13.7. The molecule has 1 aliphatic rings. The monoisotopic (exact) mass is 335 g/mol. The summed E-state index contributed by atoms with van der Waals surface area (Å²) in [4.78, 5) is 20.2. The molecule has 0 amide bonds. The quantitative estimate of drug-likeness (QED) is 0.458. The third-order valence-corrected chi connectivity index (χ3v) is 6.26. The summed E-state index contributed by atoms with van der Waals surface area (Å²) < 4.78 is 1.50. The largest absolute Gasteiger partial charge is 0.283 e. The van der Waals surface area contributed by atoms with Gasteiger partial charge in [0.25, 0.3) is 5.56 Å². The lowest BCUT2D eigenvalue weighted by molar-refractivity contribution is 0.509. The number of rotatable bonds is 0. The van der Waals surface area contributed by atoms with Crippen molar-refractivity contribution >= 4 is 38.0 Å². The molecule has 4 nitrogen and oxygen atoms in total. The lowest BCUT2D eigenvalue weighted by atomic mass is 9.89. The van der Waals surface area contributed by atoms with E-state index in [0.29, 0.717) is 11.6 Å². The molecule has 3 heterocycles. The van der Waals surface area contributed by atoms with Gasteiger partial charge in [-0.3, -0.25) is 4.79 Å². The van der Waals surface area contributed by atoms with Gasteiger partial charge in [0.15, 0.2) is 5.65 Å². The van der Waals surface area contributed by atoms with Gasteiger partial charge in [0.1, 0.15) is 4.83 Å². The smallest absolute Gasteiger partial charge is 0.267 e. The summed E-state index contributed by atoms with van der Waals surface area (Å²) in [5.41, 5.74) is 2.72. The van der Waals surface area contributed by atoms with Crippen LogP contribution in [0.3, 0.4) is 0 Å². The average molecular weight is 335 g/mol. The van der Waals surface area contributed by atoms with Crippen LogP contribution in [0.4, 0.5) is 0 Å². The van der Waals surface area contributed by atoms with E-state index in [1.165, 1.54) is 15.0 Å². The van der Waals surface area contributed by atoms with Gasteiger partial charge >= 0.3 is 0 Å². The van der Waals surface area contributed by atoms with Crippen LogP contribution in [0.1, 0.15) is 29.5 Å². The van der Waals surface area contributed by atoms with Crippen LogP contribution in [-0.4, -0.2) is 14.6 Å². The normalized spacial score (nSPS) is 17.7. The molecule has 0 fully saturated rings. The Morgan fingerprint density at radius 3 is 2.88 bits per heavy atom. The number of aromatic nitrogens is 3. The number of nitrogens with zero attached hydrogens (tertiary/aromatic N) is 3. The number of thiophene rings is 1. The fourth-order valence-electron chi connectivity index (χ4n) is 3.85. The molecule has 0 unspecified atom stereocenters. The van der Waals surface area contributed by atoms with E-state index >= 15 is 0 Å². The highest BCUT2D eigenvalue weighted by Gasteiger charge is 2.24. The van der Waals surface area contributed by atoms with Crippen molar-refractivity contribution in [3.8, 4) is 0 Å². The lowest BCUT2D eigenvalue weighted by Gasteiger charge is -2.17. The van der Waals surface area contributed by atoms with E-state index in [1.54, 1.807) is 11.3 Å². The summed E-state index contributed by atoms with van der Waals surface area (Å²) in [7, 11) is 0. The van der Waals surface area contributed by atoms with Crippen molar-refractivity contribution in [2.45, 2.75) is 33.1 Å². The lowest BCUT2D eigenvalue weighted by Crippen LogP contribution is -2.20. The van der Waals surface area contributed by atoms with E-state index in [2.05, 4.69) is 12.0 Å². The van der Waals surface area contributed by atoms with E-state index in [9.17, 15) is 4.79 Å². The predicted molar refractivity (Wildman–Crippen MR) is 98.1 cm³/mol. The second-order valence-corrected chi connectivity index (χ2v) is 7.90. The SMILES string of the molecule is Cc1nn2c(=O)c3c4c(sc3nc2c2ccccc12)C[C@@H](C)CC4. The molecule has 0 N–H and O–H groups in total. The van der Waals surface area contributed by atoms with Gasteiger partial charge in [-0.1, -0.05) is 31.2 Å². The Hall–Kier alpha value is -2.27. The molecule has 24 heavy (non-hydrogen) atoms. The van der Waals surface area contributed by atoms with E-state index < -0.39 is 0 Å². The van der Waals surface area contributed by atoms with E-state index in [-0.39, 0.29) is 5.56 Å². The third-order valence-electron chi connectivity index (χ3n) is 5.12. The van der Waals surface area contributed by atoms with Gasteiger partial charge in [-0.25, -0.2) is 4.98 Å². The van der Waals surface area contributed by atoms with E-state index in [0.717, 1.165) is 45.9 Å². The van der Waals surface area contributed by atoms with Crippen molar-refractivity contribution in [3.63, 3.8) is 0 Å². The molecule has 1 aromatic carbocycles. The molecule has 1 aliphatic carbocycles. The second kappa shape index (κ2) is 4.86. The van der Waals surface area contributed by atoms with E-state index in [4.69, 9.17) is 4.98 Å². The fourth-order valence-corrected chi connectivity index (χ4v) is 5.22. The van der Waals surface area contributed by atoms with Crippen molar-refractivity contribution in [2.75, 3.05) is 0 Å². The van der Waals surface area contributed by atoms with Crippen molar-refractivity contribution in [2.24, 2.45) is 5.92 Å². The summed E-state index contributed by atoms with van der Waals surface area (Å²) in [6.45, 7) is 4.23. The first kappa shape index (κ1) is 14.1. The highest BCUT2D eigenvalue weighted by Crippen LogP contribution is 2.36. The Balaban J connectivity index is 1.98. The van der Waals surface area contributed by atoms with Crippen LogP contribution in [0.5, 0.6) is 0 Å². The first-order valence-corrected chi connectivity index (χ1v) is 9.18. The maximum Gasteiger partial charge on any atom is 0.283 e. The molecule has 4 aromatic rings. The first-order valence-electron chi connectivity index (χ1n) is 8.36. The Kier molecular flexibility index (Phi) is 2.86. The van der Waals surface area contributed by atoms with Crippen LogP contribution in [0.25, 0.3) is 26.6 Å². The third kappa shape index (κ3) is 1.82. The van der Waals surface area contributed by atoms with Gasteiger partial charge in [-0.2, -0.15) is 9.61 Å². The molecule has 0 saturated carbocycles. The molecule has 3 aromatic heterocycles. The Labute approximate surface area is 142 Å². The van der Waals surface area contributed by atoms with Crippen LogP contribution in [0, 0.1) is 12.8 Å². The highest BCUT2D eigenvalue weighted by molar-refractivity contribution is 7.18. The van der Waals surface area contributed by atoms with Crippen LogP contribution in [0.2, 0.25) is 0 Å². The maximum absolute atomic E-state index is 13.2. The van der Waals surface area contributed by atoms with Gasteiger partial charge in [-0.05, 0) is 37.7 Å². The minimum atomic E-state index is -0.0177. The summed E-state index contributed by atoms with van der Waals surface area (Å²) in [6, 6.07) is 8.04. The molecule has 120 valence electrons. The zero-order valence-corrected chi connectivity index (χ0v) is 14.5. The number of hydrogen-bond donors (Lipinski definition) is 0. The maximum atomic E-state index is 13.2. The summed E-state index contributed by atoms with van der Waals surface area (Å²) >= 11 is 1.69. The molecule has 0 bridgehead atoms. The number of fused-ring (bicyclic) bond motifs is 6. The standard InChI is InChI=1S/C19H17N3OS/c1-10-7-8-14-15(9-10)24-18-16(14)19(23)22-17(20-18)13-6-4-3-5-12(13)11(2)21-22/h3-6,10H,7-9H2,1-2H3/t10-/m0/s1. The molecule has 5 heteroatoms. The van der Waals surface area contributed by atoms with Crippen molar-refractivity contribution < 1.29 is 0 Å². The van der Waals surface area contributed by atoms with Gasteiger partial charge in [0, 0.05) is 15.6 Å². The molecular weight excluding hydrogens is 318 g/mol. The predicted octanol–water partition coefficient (Wildman–Crippen LogP) is 3.89. The summed E-state index contributed by atoms with van der Waals surface area (Å²) in [5, 5.41) is 7.38. The molecule has 0 spiro atoms. The molecule has 0 radical (unpaired) electrons. The minimum absolute atomic E-state index is 0.0177. The molecule has 0 saturated heterocycles. The van der Waals surface area contributed by atoms with Crippen molar-refractivity contribution in [3.05, 3.63) is 50.8 Å². The van der Waals surface area contributed by atoms with Crippen molar-refractivity contribution in [1.82, 2.24) is 14.6 Å². The Morgan fingerprint density at radius 2 is 2.04 bits per heavy atom. The van der Waals surface area contributed by atoms with Gasteiger partial charge in [0.05, 0.1) is 11.1 Å². The Bertz CT molecular complexity index is 1190. The average Bonchev–Trinajstić information content (AvgIpc) is 2.94. The van der Waals surface area contributed by atoms with Gasteiger partial charge < -0.3 is 0 Å². The molecule has 1 atom stereocenters. The summed E-state index contributed by atoms with van der Waals surface area (Å²) in [6.07, 6.45) is 3.18. The van der Waals surface area contributed by atoms with Crippen molar-refractivity contribution in [1.29, 1.82) is 0 Å². The van der Waals surface area contributed by atoms with E-state index in [1.807, 2.05) is 31.2 Å². The highest BCUT2D eigenvalue weighted by atomic mass is 32.1. The molecular formula is C19H17N3OS. The van der Waals surface area contributed by atoms with Crippen LogP contribution in [-0.2, 0) is 12.8 Å². The molecule has 5 rings (SSSR count). The fraction of sp³-hybridized carbons (Fsp3) is 0.316. The van der Waals surface area contributed by atoms with Crippen LogP contribution in [0.15, 0.2) is 29.1 Å². The second-order valence-electron chi connectivity index (χ2n) is 6.82. The summed E-state index contributed by atoms with van der Waals surface area (Å²) in [5.74, 6) is 0.684. The van der Waals surface area contributed by atoms with Gasteiger partial charge in [0.2, 0.25) is 0 Å². The Morgan fingerprint density at radius 1 is 1.25 bits per heavy atom. The van der Waals surface area contributed by atoms with Gasteiger partial charge in [-0.15, -0.1) is 11.3 Å². The van der Waals surface area contributed by atoms with Crippen LogP contribution >= 0.6 is 11.3 Å². The zero-order chi connectivity index (χ0) is 16.4.